The van der Waals surface area contributed by atoms with E-state index in [9.17, 15) is 9.59 Å². The van der Waals surface area contributed by atoms with E-state index in [-0.39, 0.29) is 24.3 Å². The number of rotatable bonds is 4. The van der Waals surface area contributed by atoms with Crippen molar-refractivity contribution in [3.63, 3.8) is 0 Å². The number of halogens is 1. The molecular formula is C15H19BrN2O3. The summed E-state index contributed by atoms with van der Waals surface area (Å²) in [5.74, 6) is 0.146. The number of hydrazine groups is 1. The van der Waals surface area contributed by atoms with E-state index >= 15 is 0 Å². The first-order valence-corrected chi connectivity index (χ1v) is 7.91. The SMILES string of the molecule is O=C(COc1ccc(Br)cc1)NNC(=O)C1CCCCC1. The molecule has 1 saturated carbocycles. The molecule has 0 radical (unpaired) electrons. The van der Waals surface area contributed by atoms with Gasteiger partial charge in [0.2, 0.25) is 5.91 Å². The molecule has 0 aromatic heterocycles. The fourth-order valence-corrected chi connectivity index (χ4v) is 2.58. The smallest absolute Gasteiger partial charge is 0.276 e. The summed E-state index contributed by atoms with van der Waals surface area (Å²) in [5.41, 5.74) is 4.86. The molecule has 1 aliphatic rings. The van der Waals surface area contributed by atoms with Gasteiger partial charge < -0.3 is 4.74 Å². The lowest BCUT2D eigenvalue weighted by atomic mass is 9.89. The molecule has 0 bridgehead atoms. The van der Waals surface area contributed by atoms with Gasteiger partial charge >= 0.3 is 0 Å². The van der Waals surface area contributed by atoms with Crippen molar-refractivity contribution >= 4 is 27.7 Å². The molecule has 2 N–H and O–H groups in total. The van der Waals surface area contributed by atoms with Crippen LogP contribution in [0.3, 0.4) is 0 Å². The van der Waals surface area contributed by atoms with Crippen molar-refractivity contribution in [1.29, 1.82) is 0 Å². The first-order valence-electron chi connectivity index (χ1n) is 7.12. The van der Waals surface area contributed by atoms with Gasteiger partial charge in [0.1, 0.15) is 5.75 Å². The van der Waals surface area contributed by atoms with Gasteiger partial charge in [-0.3, -0.25) is 20.4 Å². The van der Waals surface area contributed by atoms with E-state index in [1.165, 1.54) is 6.42 Å². The monoisotopic (exact) mass is 354 g/mol. The molecule has 0 atom stereocenters. The van der Waals surface area contributed by atoms with Crippen molar-refractivity contribution in [2.24, 2.45) is 5.92 Å². The molecule has 1 aromatic rings. The second-order valence-electron chi connectivity index (χ2n) is 5.11. The third kappa shape index (κ3) is 5.38. The van der Waals surface area contributed by atoms with Crippen molar-refractivity contribution < 1.29 is 14.3 Å². The third-order valence-corrected chi connectivity index (χ3v) is 4.01. The van der Waals surface area contributed by atoms with Crippen LogP contribution in [0.5, 0.6) is 5.75 Å². The first-order chi connectivity index (χ1) is 10.1. The molecule has 6 heteroatoms. The lowest BCUT2D eigenvalue weighted by molar-refractivity contribution is -0.132. The minimum atomic E-state index is -0.373. The number of ether oxygens (including phenoxy) is 1. The topological polar surface area (TPSA) is 67.4 Å². The highest BCUT2D eigenvalue weighted by atomic mass is 79.9. The summed E-state index contributed by atoms with van der Waals surface area (Å²) in [5, 5.41) is 0. The quantitative estimate of drug-likeness (QED) is 0.816. The van der Waals surface area contributed by atoms with Crippen molar-refractivity contribution in [2.45, 2.75) is 32.1 Å². The second kappa shape index (κ2) is 8.02. The van der Waals surface area contributed by atoms with Crippen molar-refractivity contribution in [3.8, 4) is 5.75 Å². The number of carbonyl (C=O) groups excluding carboxylic acids is 2. The fraction of sp³-hybridized carbons (Fsp3) is 0.467. The fourth-order valence-electron chi connectivity index (χ4n) is 2.31. The standard InChI is InChI=1S/C15H19BrN2O3/c16-12-6-8-13(9-7-12)21-10-14(19)17-18-15(20)11-4-2-1-3-5-11/h6-9,11H,1-5,10H2,(H,17,19)(H,18,20). The maximum absolute atomic E-state index is 11.8. The maximum Gasteiger partial charge on any atom is 0.276 e. The van der Waals surface area contributed by atoms with Crippen LogP contribution in [0, 0.1) is 5.92 Å². The minimum absolute atomic E-state index is 0.0199. The summed E-state index contributed by atoms with van der Waals surface area (Å²) >= 11 is 3.32. The normalized spacial score (nSPS) is 15.3. The van der Waals surface area contributed by atoms with Gasteiger partial charge in [-0.2, -0.15) is 0 Å². The van der Waals surface area contributed by atoms with Gasteiger partial charge in [-0.1, -0.05) is 35.2 Å². The summed E-state index contributed by atoms with van der Waals surface area (Å²) in [6.45, 7) is -0.132. The number of amides is 2. The Morgan fingerprint density at radius 2 is 1.76 bits per heavy atom. The second-order valence-corrected chi connectivity index (χ2v) is 6.03. The summed E-state index contributed by atoms with van der Waals surface area (Å²) < 4.78 is 6.26. The average molecular weight is 355 g/mol. The molecule has 0 aliphatic heterocycles. The van der Waals surface area contributed by atoms with Crippen LogP contribution >= 0.6 is 15.9 Å². The van der Waals surface area contributed by atoms with Gasteiger partial charge in [-0.15, -0.1) is 0 Å². The third-order valence-electron chi connectivity index (χ3n) is 3.48. The largest absolute Gasteiger partial charge is 0.484 e. The molecule has 5 nitrogen and oxygen atoms in total. The molecule has 2 rings (SSSR count). The van der Waals surface area contributed by atoms with E-state index in [0.717, 1.165) is 30.2 Å². The predicted molar refractivity (Wildman–Crippen MR) is 82.5 cm³/mol. The number of nitrogens with one attached hydrogen (secondary N) is 2. The van der Waals surface area contributed by atoms with Crippen molar-refractivity contribution in [3.05, 3.63) is 28.7 Å². The molecule has 114 valence electrons. The molecule has 0 saturated heterocycles. The summed E-state index contributed by atoms with van der Waals surface area (Å²) in [7, 11) is 0. The zero-order chi connectivity index (χ0) is 15.1. The van der Waals surface area contributed by atoms with E-state index in [1.807, 2.05) is 12.1 Å². The Morgan fingerprint density at radius 3 is 2.43 bits per heavy atom. The van der Waals surface area contributed by atoms with Gasteiger partial charge in [0, 0.05) is 10.4 Å². The molecule has 2 amide bonds. The molecule has 21 heavy (non-hydrogen) atoms. The van der Waals surface area contributed by atoms with Crippen LogP contribution in [0.25, 0.3) is 0 Å². The van der Waals surface area contributed by atoms with E-state index < -0.39 is 0 Å². The minimum Gasteiger partial charge on any atom is -0.484 e. The number of hydrogen-bond acceptors (Lipinski definition) is 3. The number of hydrogen-bond donors (Lipinski definition) is 2. The molecular weight excluding hydrogens is 336 g/mol. The van der Waals surface area contributed by atoms with E-state index in [2.05, 4.69) is 26.8 Å². The first kappa shape index (κ1) is 15.8. The van der Waals surface area contributed by atoms with Crippen molar-refractivity contribution in [2.75, 3.05) is 6.61 Å². The summed E-state index contributed by atoms with van der Waals surface area (Å²) in [6.07, 6.45) is 5.16. The van der Waals surface area contributed by atoms with Crippen LogP contribution in [-0.2, 0) is 9.59 Å². The van der Waals surface area contributed by atoms with E-state index in [4.69, 9.17) is 4.74 Å². The number of benzene rings is 1. The zero-order valence-corrected chi connectivity index (χ0v) is 13.3. The Bertz CT molecular complexity index is 484. The van der Waals surface area contributed by atoms with Crippen molar-refractivity contribution in [1.82, 2.24) is 10.9 Å². The van der Waals surface area contributed by atoms with Crippen LogP contribution < -0.4 is 15.6 Å². The Labute approximate surface area is 132 Å². The Kier molecular flexibility index (Phi) is 6.04. The van der Waals surface area contributed by atoms with Gasteiger partial charge in [0.05, 0.1) is 0 Å². The van der Waals surface area contributed by atoms with Crippen LogP contribution in [0.4, 0.5) is 0 Å². The Morgan fingerprint density at radius 1 is 1.10 bits per heavy atom. The van der Waals surface area contributed by atoms with Crippen LogP contribution in [0.2, 0.25) is 0 Å². The summed E-state index contributed by atoms with van der Waals surface area (Å²) in [4.78, 5) is 23.5. The summed E-state index contributed by atoms with van der Waals surface area (Å²) in [6, 6.07) is 7.19. The molecule has 0 spiro atoms. The molecule has 1 aromatic carbocycles. The van der Waals surface area contributed by atoms with E-state index in [0.29, 0.717) is 5.75 Å². The molecule has 0 heterocycles. The van der Waals surface area contributed by atoms with Gasteiger partial charge in [0.15, 0.2) is 6.61 Å². The van der Waals surface area contributed by atoms with Crippen LogP contribution in [0.15, 0.2) is 28.7 Å². The molecule has 1 fully saturated rings. The van der Waals surface area contributed by atoms with Gasteiger partial charge in [-0.25, -0.2) is 0 Å². The Balaban J connectivity index is 1.67. The predicted octanol–water partition coefficient (Wildman–Crippen LogP) is 2.56. The zero-order valence-electron chi connectivity index (χ0n) is 11.7. The van der Waals surface area contributed by atoms with Gasteiger partial charge in [-0.05, 0) is 37.1 Å². The highest BCUT2D eigenvalue weighted by Crippen LogP contribution is 2.23. The maximum atomic E-state index is 11.8. The number of carbonyl (C=O) groups is 2. The Hall–Kier alpha value is -1.56. The van der Waals surface area contributed by atoms with Crippen LogP contribution in [0.1, 0.15) is 32.1 Å². The van der Waals surface area contributed by atoms with E-state index in [1.54, 1.807) is 12.1 Å². The molecule has 1 aliphatic carbocycles. The van der Waals surface area contributed by atoms with Gasteiger partial charge in [0.25, 0.3) is 5.91 Å². The molecule has 0 unspecified atom stereocenters. The highest BCUT2D eigenvalue weighted by molar-refractivity contribution is 9.10. The highest BCUT2D eigenvalue weighted by Gasteiger charge is 2.21. The lowest BCUT2D eigenvalue weighted by Crippen LogP contribution is -2.46. The average Bonchev–Trinajstić information content (AvgIpc) is 2.53. The van der Waals surface area contributed by atoms with Crippen LogP contribution in [-0.4, -0.2) is 18.4 Å². The lowest BCUT2D eigenvalue weighted by Gasteiger charge is -2.20.